The van der Waals surface area contributed by atoms with Crippen molar-refractivity contribution in [1.82, 2.24) is 9.21 Å². The third-order valence-corrected chi connectivity index (χ3v) is 6.58. The lowest BCUT2D eigenvalue weighted by Gasteiger charge is -2.35. The molecule has 1 aliphatic heterocycles. The van der Waals surface area contributed by atoms with Crippen molar-refractivity contribution in [3.63, 3.8) is 0 Å². The number of nitrogens with zero attached hydrogens (tertiary/aromatic N) is 2. The van der Waals surface area contributed by atoms with Crippen LogP contribution in [0.15, 0.2) is 59.5 Å². The van der Waals surface area contributed by atoms with E-state index < -0.39 is 16.1 Å². The van der Waals surface area contributed by atoms with Crippen molar-refractivity contribution in [1.29, 1.82) is 0 Å². The molecule has 0 N–H and O–H groups in total. The molecule has 0 bridgehead atoms. The molecule has 28 heavy (non-hydrogen) atoms. The summed E-state index contributed by atoms with van der Waals surface area (Å²) in [4.78, 5) is 14.7. The third kappa shape index (κ3) is 4.51. The lowest BCUT2D eigenvalue weighted by Crippen LogP contribution is -2.53. The molecule has 1 amide bonds. The molecular formula is C20H23FN2O4S. The van der Waals surface area contributed by atoms with Crippen LogP contribution in [0, 0.1) is 5.82 Å². The standard InChI is InChI=1S/C20H23FN2O4S/c1-2-19(27-17-10-8-16(21)9-11-17)20(24)22-12-14-23(15-13-22)28(25,26)18-6-4-3-5-7-18/h3-11,19H,2,12-15H2,1H3/t19-/m0/s1. The van der Waals surface area contributed by atoms with E-state index in [2.05, 4.69) is 0 Å². The van der Waals surface area contributed by atoms with Crippen LogP contribution in [-0.4, -0.2) is 55.8 Å². The maximum atomic E-state index is 13.0. The molecule has 150 valence electrons. The molecule has 1 aliphatic rings. The first-order valence-electron chi connectivity index (χ1n) is 9.18. The second kappa shape index (κ2) is 8.70. The van der Waals surface area contributed by atoms with Gasteiger partial charge in [0, 0.05) is 26.2 Å². The Balaban J connectivity index is 1.61. The zero-order valence-electron chi connectivity index (χ0n) is 15.6. The van der Waals surface area contributed by atoms with Gasteiger partial charge in [-0.05, 0) is 42.8 Å². The van der Waals surface area contributed by atoms with Crippen molar-refractivity contribution in [3.05, 3.63) is 60.4 Å². The molecule has 0 saturated carbocycles. The number of hydrogen-bond acceptors (Lipinski definition) is 4. The maximum absolute atomic E-state index is 13.0. The highest BCUT2D eigenvalue weighted by Crippen LogP contribution is 2.19. The summed E-state index contributed by atoms with van der Waals surface area (Å²) in [5.41, 5.74) is 0. The Bertz CT molecular complexity index is 896. The number of amides is 1. The quantitative estimate of drug-likeness (QED) is 0.739. The summed E-state index contributed by atoms with van der Waals surface area (Å²) in [5, 5.41) is 0. The smallest absolute Gasteiger partial charge is 0.263 e. The molecule has 2 aromatic carbocycles. The fourth-order valence-corrected chi connectivity index (χ4v) is 4.52. The maximum Gasteiger partial charge on any atom is 0.263 e. The van der Waals surface area contributed by atoms with E-state index in [4.69, 9.17) is 4.74 Å². The van der Waals surface area contributed by atoms with Crippen LogP contribution in [0.5, 0.6) is 5.75 Å². The minimum atomic E-state index is -3.56. The largest absolute Gasteiger partial charge is 0.481 e. The fraction of sp³-hybridized carbons (Fsp3) is 0.350. The number of piperazine rings is 1. The van der Waals surface area contributed by atoms with E-state index in [1.165, 1.54) is 28.6 Å². The molecular weight excluding hydrogens is 383 g/mol. The third-order valence-electron chi connectivity index (χ3n) is 4.67. The lowest BCUT2D eigenvalue weighted by molar-refractivity contribution is -0.140. The number of ether oxygens (including phenoxy) is 1. The average Bonchev–Trinajstić information content (AvgIpc) is 2.73. The first-order valence-corrected chi connectivity index (χ1v) is 10.6. The molecule has 0 unspecified atom stereocenters. The molecule has 1 atom stereocenters. The molecule has 0 radical (unpaired) electrons. The highest BCUT2D eigenvalue weighted by molar-refractivity contribution is 7.89. The Hall–Kier alpha value is -2.45. The van der Waals surface area contributed by atoms with Crippen LogP contribution in [-0.2, 0) is 14.8 Å². The molecule has 1 saturated heterocycles. The van der Waals surface area contributed by atoms with Crippen molar-refractivity contribution in [2.75, 3.05) is 26.2 Å². The van der Waals surface area contributed by atoms with Gasteiger partial charge in [-0.15, -0.1) is 0 Å². The molecule has 0 spiro atoms. The monoisotopic (exact) mass is 406 g/mol. The SMILES string of the molecule is CC[C@H](Oc1ccc(F)cc1)C(=O)N1CCN(S(=O)(=O)c2ccccc2)CC1. The first-order chi connectivity index (χ1) is 13.4. The molecule has 0 aromatic heterocycles. The summed E-state index contributed by atoms with van der Waals surface area (Å²) < 4.78 is 45.5. The van der Waals surface area contributed by atoms with Crippen LogP contribution in [0.2, 0.25) is 0 Å². The number of rotatable bonds is 6. The minimum Gasteiger partial charge on any atom is -0.481 e. The second-order valence-electron chi connectivity index (χ2n) is 6.51. The van der Waals surface area contributed by atoms with Crippen molar-refractivity contribution in [3.8, 4) is 5.75 Å². The van der Waals surface area contributed by atoms with Gasteiger partial charge < -0.3 is 9.64 Å². The fourth-order valence-electron chi connectivity index (χ4n) is 3.08. The van der Waals surface area contributed by atoms with Crippen molar-refractivity contribution in [2.45, 2.75) is 24.3 Å². The Morgan fingerprint density at radius 2 is 1.64 bits per heavy atom. The van der Waals surface area contributed by atoms with Crippen molar-refractivity contribution in [2.24, 2.45) is 0 Å². The summed E-state index contributed by atoms with van der Waals surface area (Å²) in [7, 11) is -3.56. The average molecular weight is 406 g/mol. The normalized spacial score (nSPS) is 16.6. The van der Waals surface area contributed by atoms with Gasteiger partial charge >= 0.3 is 0 Å². The van der Waals surface area contributed by atoms with Crippen molar-refractivity contribution >= 4 is 15.9 Å². The molecule has 8 heteroatoms. The van der Waals surface area contributed by atoms with Gasteiger partial charge in [-0.2, -0.15) is 4.31 Å². The summed E-state index contributed by atoms with van der Waals surface area (Å²) in [6, 6.07) is 13.8. The highest BCUT2D eigenvalue weighted by atomic mass is 32.2. The topological polar surface area (TPSA) is 66.9 Å². The Labute approximate surface area is 164 Å². The van der Waals surface area contributed by atoms with Crippen LogP contribution < -0.4 is 4.74 Å². The van der Waals surface area contributed by atoms with Gasteiger partial charge in [-0.3, -0.25) is 4.79 Å². The van der Waals surface area contributed by atoms with E-state index in [1.807, 2.05) is 6.92 Å². The van der Waals surface area contributed by atoms with Crippen LogP contribution in [0.3, 0.4) is 0 Å². The summed E-state index contributed by atoms with van der Waals surface area (Å²) in [6.07, 6.45) is -0.235. The zero-order valence-corrected chi connectivity index (χ0v) is 16.4. The highest BCUT2D eigenvalue weighted by Gasteiger charge is 2.32. The van der Waals surface area contributed by atoms with E-state index in [-0.39, 0.29) is 29.7 Å². The van der Waals surface area contributed by atoms with Gasteiger partial charge in [0.05, 0.1) is 4.90 Å². The summed E-state index contributed by atoms with van der Waals surface area (Å²) in [6.45, 7) is 2.90. The van der Waals surface area contributed by atoms with E-state index in [0.717, 1.165) is 0 Å². The van der Waals surface area contributed by atoms with Crippen LogP contribution >= 0.6 is 0 Å². The second-order valence-corrected chi connectivity index (χ2v) is 8.45. The van der Waals surface area contributed by atoms with Gasteiger partial charge in [0.15, 0.2) is 6.10 Å². The first kappa shape index (κ1) is 20.3. The Morgan fingerprint density at radius 1 is 1.04 bits per heavy atom. The summed E-state index contributed by atoms with van der Waals surface area (Å²) in [5.74, 6) is -0.141. The van der Waals surface area contributed by atoms with Gasteiger partial charge in [0.1, 0.15) is 11.6 Å². The summed E-state index contributed by atoms with van der Waals surface area (Å²) >= 11 is 0. The number of sulfonamides is 1. The van der Waals surface area contributed by atoms with E-state index in [1.54, 1.807) is 35.2 Å². The van der Waals surface area contributed by atoms with E-state index in [0.29, 0.717) is 25.3 Å². The minimum absolute atomic E-state index is 0.191. The number of benzene rings is 2. The van der Waals surface area contributed by atoms with Crippen LogP contribution in [0.25, 0.3) is 0 Å². The Kier molecular flexibility index (Phi) is 6.31. The number of hydrogen-bond donors (Lipinski definition) is 0. The van der Waals surface area contributed by atoms with Crippen molar-refractivity contribution < 1.29 is 22.3 Å². The number of carbonyl (C=O) groups is 1. The molecule has 1 fully saturated rings. The van der Waals surface area contributed by atoms with Gasteiger partial charge in [-0.25, -0.2) is 12.8 Å². The molecule has 6 nitrogen and oxygen atoms in total. The molecule has 3 rings (SSSR count). The molecule has 0 aliphatic carbocycles. The zero-order chi connectivity index (χ0) is 20.1. The number of carbonyl (C=O) groups excluding carboxylic acids is 1. The Morgan fingerprint density at radius 3 is 2.21 bits per heavy atom. The van der Waals surface area contributed by atoms with Crippen LogP contribution in [0.1, 0.15) is 13.3 Å². The van der Waals surface area contributed by atoms with Gasteiger partial charge in [-0.1, -0.05) is 25.1 Å². The molecule has 1 heterocycles. The van der Waals surface area contributed by atoms with Gasteiger partial charge in [0.25, 0.3) is 5.91 Å². The number of halogens is 1. The van der Waals surface area contributed by atoms with Crippen LogP contribution in [0.4, 0.5) is 4.39 Å². The molecule has 2 aromatic rings. The lowest BCUT2D eigenvalue weighted by atomic mass is 10.2. The van der Waals surface area contributed by atoms with Gasteiger partial charge in [0.2, 0.25) is 10.0 Å². The predicted molar refractivity (Wildman–Crippen MR) is 103 cm³/mol. The predicted octanol–water partition coefficient (Wildman–Crippen LogP) is 2.52. The van der Waals surface area contributed by atoms with E-state index >= 15 is 0 Å². The van der Waals surface area contributed by atoms with E-state index in [9.17, 15) is 17.6 Å².